The molecule has 8 nitrogen and oxygen atoms in total. The van der Waals surface area contributed by atoms with E-state index < -0.39 is 18.7 Å². The Morgan fingerprint density at radius 1 is 1.24 bits per heavy atom. The number of benzene rings is 1. The average Bonchev–Trinajstić information content (AvgIpc) is 3.15. The highest BCUT2D eigenvalue weighted by molar-refractivity contribution is 5.97. The SMILES string of the molecule is CCOCCn1c(-c2ccc(N(CC)CC(F)(F)F)nc2)nc2cc(C(=O)OC)cc(O)c21. The molecule has 0 bridgehead atoms. The molecule has 0 fully saturated rings. The lowest BCUT2D eigenvalue weighted by Gasteiger charge is -2.23. The number of anilines is 1. The van der Waals surface area contributed by atoms with Gasteiger partial charge in [0.05, 0.1) is 24.8 Å². The summed E-state index contributed by atoms with van der Waals surface area (Å²) in [5.74, 6) is -0.158. The first-order chi connectivity index (χ1) is 15.7. The van der Waals surface area contributed by atoms with Crippen LogP contribution in [-0.4, -0.2) is 65.2 Å². The second-order valence-corrected chi connectivity index (χ2v) is 7.17. The van der Waals surface area contributed by atoms with E-state index in [0.717, 1.165) is 4.90 Å². The van der Waals surface area contributed by atoms with Crippen LogP contribution < -0.4 is 4.90 Å². The van der Waals surface area contributed by atoms with E-state index in [1.54, 1.807) is 17.6 Å². The summed E-state index contributed by atoms with van der Waals surface area (Å²) in [6, 6.07) is 5.93. The van der Waals surface area contributed by atoms with Gasteiger partial charge in [-0.15, -0.1) is 0 Å². The van der Waals surface area contributed by atoms with Gasteiger partial charge in [-0.05, 0) is 38.1 Å². The lowest BCUT2D eigenvalue weighted by Crippen LogP contribution is -2.34. The predicted molar refractivity (Wildman–Crippen MR) is 116 cm³/mol. The highest BCUT2D eigenvalue weighted by Gasteiger charge is 2.31. The van der Waals surface area contributed by atoms with Gasteiger partial charge in [0, 0.05) is 31.5 Å². The minimum Gasteiger partial charge on any atom is -0.506 e. The summed E-state index contributed by atoms with van der Waals surface area (Å²) >= 11 is 0. The molecule has 0 radical (unpaired) electrons. The number of phenolic OH excluding ortho intramolecular Hbond substituents is 1. The van der Waals surface area contributed by atoms with Crippen LogP contribution in [-0.2, 0) is 16.0 Å². The second kappa shape index (κ2) is 10.1. The van der Waals surface area contributed by atoms with Gasteiger partial charge in [-0.1, -0.05) is 0 Å². The molecule has 33 heavy (non-hydrogen) atoms. The van der Waals surface area contributed by atoms with Crippen molar-refractivity contribution in [2.45, 2.75) is 26.6 Å². The third-order valence-corrected chi connectivity index (χ3v) is 4.99. The second-order valence-electron chi connectivity index (χ2n) is 7.17. The highest BCUT2D eigenvalue weighted by Crippen LogP contribution is 2.32. The Morgan fingerprint density at radius 3 is 2.58 bits per heavy atom. The van der Waals surface area contributed by atoms with Crippen molar-refractivity contribution in [1.29, 1.82) is 0 Å². The number of pyridine rings is 1. The first-order valence-electron chi connectivity index (χ1n) is 10.4. The molecule has 0 saturated carbocycles. The lowest BCUT2D eigenvalue weighted by molar-refractivity contribution is -0.119. The number of ether oxygens (including phenoxy) is 2. The first-order valence-corrected chi connectivity index (χ1v) is 10.4. The van der Waals surface area contributed by atoms with Crippen LogP contribution in [0.5, 0.6) is 5.75 Å². The van der Waals surface area contributed by atoms with E-state index in [1.807, 2.05) is 6.92 Å². The minimum absolute atomic E-state index is 0.141. The molecule has 0 saturated heterocycles. The summed E-state index contributed by atoms with van der Waals surface area (Å²) in [5.41, 5.74) is 1.43. The van der Waals surface area contributed by atoms with E-state index in [9.17, 15) is 23.1 Å². The fourth-order valence-corrected chi connectivity index (χ4v) is 3.50. The fraction of sp³-hybridized carbons (Fsp3) is 0.409. The maximum Gasteiger partial charge on any atom is 0.405 e. The Labute approximate surface area is 188 Å². The quantitative estimate of drug-likeness (QED) is 0.376. The maximum atomic E-state index is 12.8. The molecule has 3 aromatic rings. The summed E-state index contributed by atoms with van der Waals surface area (Å²) in [4.78, 5) is 21.8. The van der Waals surface area contributed by atoms with Gasteiger partial charge < -0.3 is 24.0 Å². The number of halogens is 3. The Bertz CT molecular complexity index is 1110. The number of methoxy groups -OCH3 is 1. The molecular weight excluding hydrogens is 441 g/mol. The van der Waals surface area contributed by atoms with Crippen LogP contribution in [0.2, 0.25) is 0 Å². The Balaban J connectivity index is 2.05. The third kappa shape index (κ3) is 5.54. The number of aromatic hydroxyl groups is 1. The van der Waals surface area contributed by atoms with E-state index in [2.05, 4.69) is 9.97 Å². The maximum absolute atomic E-state index is 12.8. The number of carbonyl (C=O) groups is 1. The van der Waals surface area contributed by atoms with Crippen LogP contribution in [0.1, 0.15) is 24.2 Å². The summed E-state index contributed by atoms with van der Waals surface area (Å²) in [7, 11) is 1.24. The van der Waals surface area contributed by atoms with Crippen molar-refractivity contribution in [2.75, 3.05) is 38.3 Å². The summed E-state index contributed by atoms with van der Waals surface area (Å²) in [6.07, 6.45) is -2.91. The van der Waals surface area contributed by atoms with Crippen molar-refractivity contribution in [3.63, 3.8) is 0 Å². The highest BCUT2D eigenvalue weighted by atomic mass is 19.4. The molecular formula is C22H25F3N4O4. The molecule has 3 rings (SSSR count). The van der Waals surface area contributed by atoms with Gasteiger partial charge in [0.15, 0.2) is 0 Å². The molecule has 178 valence electrons. The van der Waals surface area contributed by atoms with E-state index in [1.165, 1.54) is 31.5 Å². The first kappa shape index (κ1) is 24.3. The smallest absolute Gasteiger partial charge is 0.405 e. The summed E-state index contributed by atoms with van der Waals surface area (Å²) < 4.78 is 50.4. The van der Waals surface area contributed by atoms with E-state index in [4.69, 9.17) is 9.47 Å². The molecule has 0 aliphatic heterocycles. The molecule has 0 unspecified atom stereocenters. The fourth-order valence-electron chi connectivity index (χ4n) is 3.50. The van der Waals surface area contributed by atoms with Crippen LogP contribution in [0, 0.1) is 0 Å². The molecule has 0 amide bonds. The topological polar surface area (TPSA) is 89.7 Å². The number of esters is 1. The number of phenols is 1. The average molecular weight is 466 g/mol. The van der Waals surface area contributed by atoms with Crippen LogP contribution in [0.4, 0.5) is 19.0 Å². The zero-order chi connectivity index (χ0) is 24.2. The predicted octanol–water partition coefficient (Wildman–Crippen LogP) is 4.02. The summed E-state index contributed by atoms with van der Waals surface area (Å²) in [6.45, 7) is 3.71. The molecule has 11 heteroatoms. The molecule has 0 aliphatic rings. The number of fused-ring (bicyclic) bond motifs is 1. The van der Waals surface area contributed by atoms with Crippen LogP contribution in [0.25, 0.3) is 22.4 Å². The standard InChI is InChI=1S/C22H25F3N4O4/c1-4-28(13-22(23,24)25)18-7-6-14(12-26-18)20-27-16-10-15(21(31)32-3)11-17(30)19(16)29(20)8-9-33-5-2/h6-7,10-12,30H,4-5,8-9,13H2,1-3H3. The Kier molecular flexibility index (Phi) is 7.42. The molecule has 2 aromatic heterocycles. The van der Waals surface area contributed by atoms with Crippen molar-refractivity contribution in [2.24, 2.45) is 0 Å². The van der Waals surface area contributed by atoms with E-state index in [0.29, 0.717) is 42.2 Å². The van der Waals surface area contributed by atoms with Gasteiger partial charge in [0.1, 0.15) is 29.5 Å². The lowest BCUT2D eigenvalue weighted by atomic mass is 10.2. The van der Waals surface area contributed by atoms with Gasteiger partial charge in [0.2, 0.25) is 0 Å². The zero-order valence-corrected chi connectivity index (χ0v) is 18.5. The monoisotopic (exact) mass is 466 g/mol. The van der Waals surface area contributed by atoms with Crippen molar-refractivity contribution >= 4 is 22.8 Å². The normalized spacial score (nSPS) is 11.7. The molecule has 2 heterocycles. The molecule has 1 aromatic carbocycles. The minimum atomic E-state index is -4.35. The van der Waals surface area contributed by atoms with Crippen molar-refractivity contribution in [3.8, 4) is 17.1 Å². The zero-order valence-electron chi connectivity index (χ0n) is 18.5. The third-order valence-electron chi connectivity index (χ3n) is 4.99. The van der Waals surface area contributed by atoms with Crippen LogP contribution in [0.3, 0.4) is 0 Å². The van der Waals surface area contributed by atoms with E-state index in [-0.39, 0.29) is 23.7 Å². The number of carbonyl (C=O) groups excluding carboxylic acids is 1. The van der Waals surface area contributed by atoms with Crippen molar-refractivity contribution in [3.05, 3.63) is 36.0 Å². The van der Waals surface area contributed by atoms with Crippen molar-refractivity contribution in [1.82, 2.24) is 14.5 Å². The largest absolute Gasteiger partial charge is 0.506 e. The number of alkyl halides is 3. The number of rotatable bonds is 9. The number of aromatic nitrogens is 3. The van der Waals surface area contributed by atoms with Crippen LogP contribution in [0.15, 0.2) is 30.5 Å². The number of nitrogens with zero attached hydrogens (tertiary/aromatic N) is 4. The molecule has 0 spiro atoms. The number of imidazole rings is 1. The number of hydrogen-bond acceptors (Lipinski definition) is 7. The summed E-state index contributed by atoms with van der Waals surface area (Å²) in [5, 5.41) is 10.6. The molecule has 1 N–H and O–H groups in total. The Hall–Kier alpha value is -3.34. The van der Waals surface area contributed by atoms with E-state index >= 15 is 0 Å². The van der Waals surface area contributed by atoms with Gasteiger partial charge in [-0.2, -0.15) is 13.2 Å². The molecule has 0 aliphatic carbocycles. The van der Waals surface area contributed by atoms with Gasteiger partial charge in [-0.25, -0.2) is 14.8 Å². The van der Waals surface area contributed by atoms with Gasteiger partial charge >= 0.3 is 12.1 Å². The number of hydrogen-bond donors (Lipinski definition) is 1. The van der Waals surface area contributed by atoms with Crippen molar-refractivity contribution < 1.29 is 32.5 Å². The molecule has 0 atom stereocenters. The Morgan fingerprint density at radius 2 is 2.00 bits per heavy atom. The van der Waals surface area contributed by atoms with Crippen LogP contribution >= 0.6 is 0 Å². The van der Waals surface area contributed by atoms with Gasteiger partial charge in [0.25, 0.3) is 0 Å². The van der Waals surface area contributed by atoms with Gasteiger partial charge in [-0.3, -0.25) is 0 Å².